The van der Waals surface area contributed by atoms with Gasteiger partial charge in [-0.15, -0.1) is 0 Å². The molecule has 0 amide bonds. The molecule has 2 heterocycles. The molecule has 118 valence electrons. The molecule has 2 heteroatoms. The summed E-state index contributed by atoms with van der Waals surface area (Å²) in [5.74, 6) is 0. The lowest BCUT2D eigenvalue weighted by molar-refractivity contribution is 0.639. The number of pyridine rings is 1. The highest BCUT2D eigenvalue weighted by molar-refractivity contribution is 6.16. The third-order valence-corrected chi connectivity index (χ3v) is 5.57. The Kier molecular flexibility index (Phi) is 2.45. The highest BCUT2D eigenvalue weighted by Gasteiger charge is 2.34. The fourth-order valence-corrected chi connectivity index (χ4v) is 4.22. The Bertz CT molecular complexity index is 1150. The van der Waals surface area contributed by atoms with Gasteiger partial charge >= 0.3 is 0 Å². The van der Waals surface area contributed by atoms with Crippen LogP contribution in [0.3, 0.4) is 0 Å². The highest BCUT2D eigenvalue weighted by atomic mass is 16.3. The zero-order valence-electron chi connectivity index (χ0n) is 14.4. The lowest BCUT2D eigenvalue weighted by Gasteiger charge is -2.27. The first-order chi connectivity index (χ1) is 11.5. The van der Waals surface area contributed by atoms with Gasteiger partial charge in [0.1, 0.15) is 11.2 Å². The largest absolute Gasteiger partial charge is 0.455 e. The zero-order chi connectivity index (χ0) is 16.6. The van der Waals surface area contributed by atoms with Crippen molar-refractivity contribution >= 4 is 21.9 Å². The van der Waals surface area contributed by atoms with E-state index in [1.54, 1.807) is 0 Å². The van der Waals surface area contributed by atoms with Crippen LogP contribution in [0, 0.1) is 13.8 Å². The molecule has 0 bridgehead atoms. The maximum atomic E-state index is 6.35. The number of fused-ring (bicyclic) bond motifs is 2. The van der Waals surface area contributed by atoms with Crippen molar-refractivity contribution in [2.75, 3.05) is 0 Å². The van der Waals surface area contributed by atoms with E-state index in [9.17, 15) is 0 Å². The van der Waals surface area contributed by atoms with Gasteiger partial charge in [0, 0.05) is 27.9 Å². The predicted molar refractivity (Wildman–Crippen MR) is 98.6 cm³/mol. The molecule has 0 spiro atoms. The van der Waals surface area contributed by atoms with Gasteiger partial charge < -0.3 is 4.42 Å². The molecule has 2 aromatic carbocycles. The Labute approximate surface area is 141 Å². The van der Waals surface area contributed by atoms with Crippen LogP contribution in [0.1, 0.15) is 36.1 Å². The first kappa shape index (κ1) is 13.8. The molecule has 2 aromatic heterocycles. The first-order valence-electron chi connectivity index (χ1n) is 8.42. The molecule has 24 heavy (non-hydrogen) atoms. The van der Waals surface area contributed by atoms with Crippen molar-refractivity contribution in [3.05, 3.63) is 64.8 Å². The normalized spacial score (nSPS) is 15.0. The molecule has 1 aliphatic rings. The standard InChI is InChI=1S/C22H19NO/c1-12-7-9-14-17-18-15(10-8-13(2)21(18)24-20(12)17)22(3,4)16-6-5-11-23-19(14)16/h5-11H,1-4H3. The van der Waals surface area contributed by atoms with Gasteiger partial charge in [-0.1, -0.05) is 44.2 Å². The first-order valence-corrected chi connectivity index (χ1v) is 8.42. The second-order valence-corrected chi connectivity index (χ2v) is 7.39. The summed E-state index contributed by atoms with van der Waals surface area (Å²) in [5.41, 5.74) is 9.09. The Morgan fingerprint density at radius 1 is 0.833 bits per heavy atom. The Morgan fingerprint density at radius 2 is 1.54 bits per heavy atom. The van der Waals surface area contributed by atoms with E-state index in [1.807, 2.05) is 12.3 Å². The third-order valence-electron chi connectivity index (χ3n) is 5.57. The molecule has 2 nitrogen and oxygen atoms in total. The molecule has 0 fully saturated rings. The maximum absolute atomic E-state index is 6.35. The molecular formula is C22H19NO. The van der Waals surface area contributed by atoms with Crippen molar-refractivity contribution in [1.29, 1.82) is 0 Å². The van der Waals surface area contributed by atoms with E-state index < -0.39 is 0 Å². The fourth-order valence-electron chi connectivity index (χ4n) is 4.22. The third kappa shape index (κ3) is 1.49. The predicted octanol–water partition coefficient (Wildman–Crippen LogP) is 5.90. The van der Waals surface area contributed by atoms with Gasteiger partial charge in [-0.2, -0.15) is 0 Å². The van der Waals surface area contributed by atoms with Crippen LogP contribution in [0.25, 0.3) is 33.2 Å². The molecule has 0 saturated carbocycles. The van der Waals surface area contributed by atoms with E-state index in [2.05, 4.69) is 58.0 Å². The van der Waals surface area contributed by atoms with Crippen LogP contribution >= 0.6 is 0 Å². The molecular weight excluding hydrogens is 294 g/mol. The van der Waals surface area contributed by atoms with Crippen LogP contribution in [0.5, 0.6) is 0 Å². The average molecular weight is 313 g/mol. The van der Waals surface area contributed by atoms with E-state index in [0.717, 1.165) is 16.9 Å². The Balaban J connectivity index is 2.17. The second kappa shape index (κ2) is 4.27. The minimum absolute atomic E-state index is 0.126. The van der Waals surface area contributed by atoms with Crippen LogP contribution in [0.4, 0.5) is 0 Å². The average Bonchev–Trinajstić information content (AvgIpc) is 2.94. The Morgan fingerprint density at radius 3 is 2.33 bits per heavy atom. The summed E-state index contributed by atoms with van der Waals surface area (Å²) < 4.78 is 6.35. The number of nitrogens with zero attached hydrogens (tertiary/aromatic N) is 1. The van der Waals surface area contributed by atoms with Crippen LogP contribution in [0.15, 0.2) is 47.0 Å². The topological polar surface area (TPSA) is 26.0 Å². The van der Waals surface area contributed by atoms with Crippen molar-refractivity contribution in [2.24, 2.45) is 0 Å². The molecule has 0 aliphatic heterocycles. The van der Waals surface area contributed by atoms with Gasteiger partial charge in [0.15, 0.2) is 0 Å². The lowest BCUT2D eigenvalue weighted by atomic mass is 9.76. The molecule has 1 aliphatic carbocycles. The second-order valence-electron chi connectivity index (χ2n) is 7.39. The molecule has 0 unspecified atom stereocenters. The number of benzene rings is 2. The van der Waals surface area contributed by atoms with Gasteiger partial charge in [0.25, 0.3) is 0 Å². The zero-order valence-corrected chi connectivity index (χ0v) is 14.4. The number of aryl methyl sites for hydroxylation is 2. The summed E-state index contributed by atoms with van der Waals surface area (Å²) >= 11 is 0. The highest BCUT2D eigenvalue weighted by Crippen LogP contribution is 2.49. The number of hydrogen-bond donors (Lipinski definition) is 0. The van der Waals surface area contributed by atoms with Gasteiger partial charge in [-0.3, -0.25) is 4.98 Å². The van der Waals surface area contributed by atoms with Gasteiger partial charge in [-0.05, 0) is 42.2 Å². The summed E-state index contributed by atoms with van der Waals surface area (Å²) in [6.07, 6.45) is 1.89. The SMILES string of the molecule is Cc1ccc2c3c1oc1c(C)ccc(c13)C(C)(C)c1cccnc1-2. The lowest BCUT2D eigenvalue weighted by Crippen LogP contribution is -2.20. The minimum atomic E-state index is -0.126. The van der Waals surface area contributed by atoms with E-state index in [-0.39, 0.29) is 5.41 Å². The summed E-state index contributed by atoms with van der Waals surface area (Å²) in [5, 5.41) is 2.47. The van der Waals surface area contributed by atoms with Crippen molar-refractivity contribution < 1.29 is 4.42 Å². The van der Waals surface area contributed by atoms with Crippen molar-refractivity contribution in [2.45, 2.75) is 33.1 Å². The van der Waals surface area contributed by atoms with E-state index >= 15 is 0 Å². The number of furan rings is 1. The fraction of sp³-hybridized carbons (Fsp3) is 0.227. The summed E-state index contributed by atoms with van der Waals surface area (Å²) in [7, 11) is 0. The number of hydrogen-bond acceptors (Lipinski definition) is 2. The maximum Gasteiger partial charge on any atom is 0.139 e. The van der Waals surface area contributed by atoms with Crippen LogP contribution in [0.2, 0.25) is 0 Å². The van der Waals surface area contributed by atoms with Crippen LogP contribution in [-0.2, 0) is 5.41 Å². The van der Waals surface area contributed by atoms with Crippen LogP contribution in [-0.4, -0.2) is 4.98 Å². The number of rotatable bonds is 0. The molecule has 0 radical (unpaired) electrons. The van der Waals surface area contributed by atoms with Crippen molar-refractivity contribution in [1.82, 2.24) is 4.98 Å². The monoisotopic (exact) mass is 313 g/mol. The van der Waals surface area contributed by atoms with Gasteiger partial charge in [-0.25, -0.2) is 0 Å². The quantitative estimate of drug-likeness (QED) is 0.403. The van der Waals surface area contributed by atoms with E-state index in [1.165, 1.54) is 38.6 Å². The smallest absolute Gasteiger partial charge is 0.139 e. The summed E-state index contributed by atoms with van der Waals surface area (Å²) in [6, 6.07) is 13.0. The van der Waals surface area contributed by atoms with Crippen molar-refractivity contribution in [3.8, 4) is 11.3 Å². The number of aromatic nitrogens is 1. The molecule has 0 saturated heterocycles. The molecule has 0 N–H and O–H groups in total. The van der Waals surface area contributed by atoms with Crippen LogP contribution < -0.4 is 0 Å². The van der Waals surface area contributed by atoms with E-state index in [0.29, 0.717) is 0 Å². The van der Waals surface area contributed by atoms with E-state index in [4.69, 9.17) is 9.40 Å². The Hall–Kier alpha value is -2.61. The molecule has 5 rings (SSSR count). The summed E-state index contributed by atoms with van der Waals surface area (Å²) in [6.45, 7) is 8.82. The van der Waals surface area contributed by atoms with Gasteiger partial charge in [0.05, 0.1) is 5.69 Å². The van der Waals surface area contributed by atoms with Crippen molar-refractivity contribution in [3.63, 3.8) is 0 Å². The minimum Gasteiger partial charge on any atom is -0.455 e. The summed E-state index contributed by atoms with van der Waals surface area (Å²) in [4.78, 5) is 4.76. The molecule has 0 atom stereocenters. The van der Waals surface area contributed by atoms with Gasteiger partial charge in [0.2, 0.25) is 0 Å². The molecule has 4 aromatic rings.